The molecule has 0 aliphatic carbocycles. The molecule has 3 aromatic heterocycles. The number of nitrogens with zero attached hydrogens (tertiary/aromatic N) is 3. The first kappa shape index (κ1) is 17.7. The fourth-order valence-electron chi connectivity index (χ4n) is 2.57. The van der Waals surface area contributed by atoms with Gasteiger partial charge in [-0.15, -0.1) is 0 Å². The minimum absolute atomic E-state index is 0.782. The van der Waals surface area contributed by atoms with Gasteiger partial charge in [-0.2, -0.15) is 0 Å². The minimum atomic E-state index is 0.782. The van der Waals surface area contributed by atoms with E-state index >= 15 is 0 Å². The lowest BCUT2D eigenvalue weighted by Gasteiger charge is -2.09. The lowest BCUT2D eigenvalue weighted by Crippen LogP contribution is -2.10. The molecule has 3 rings (SSSR count). The van der Waals surface area contributed by atoms with E-state index in [-0.39, 0.29) is 0 Å². The number of nitrogens with one attached hydrogen (secondary N) is 3. The summed E-state index contributed by atoms with van der Waals surface area (Å²) in [5, 5.41) is 9.76. The van der Waals surface area contributed by atoms with E-state index in [1.54, 1.807) is 0 Å². The molecule has 26 heavy (non-hydrogen) atoms. The van der Waals surface area contributed by atoms with Gasteiger partial charge in [0.1, 0.15) is 17.5 Å². The second-order valence-corrected chi connectivity index (χ2v) is 5.85. The highest BCUT2D eigenvalue weighted by Crippen LogP contribution is 2.10. The predicted octanol–water partition coefficient (Wildman–Crippen LogP) is 3.22. The van der Waals surface area contributed by atoms with E-state index in [0.29, 0.717) is 0 Å². The summed E-state index contributed by atoms with van der Waals surface area (Å²) < 4.78 is 0. The lowest BCUT2D eigenvalue weighted by molar-refractivity contribution is 0.944. The van der Waals surface area contributed by atoms with Crippen LogP contribution in [0, 0.1) is 0 Å². The molecule has 0 spiro atoms. The van der Waals surface area contributed by atoms with Crippen LogP contribution in [-0.4, -0.2) is 35.1 Å². The van der Waals surface area contributed by atoms with Crippen molar-refractivity contribution in [2.45, 2.75) is 12.8 Å². The Morgan fingerprint density at radius 3 is 2.04 bits per heavy atom. The Balaban J connectivity index is 1.46. The zero-order valence-electron chi connectivity index (χ0n) is 14.9. The molecule has 0 aliphatic rings. The highest BCUT2D eigenvalue weighted by atomic mass is 15.1. The quantitative estimate of drug-likeness (QED) is 0.551. The lowest BCUT2D eigenvalue weighted by atomic mass is 10.2. The number of anilines is 3. The van der Waals surface area contributed by atoms with Crippen molar-refractivity contribution in [3.63, 3.8) is 0 Å². The van der Waals surface area contributed by atoms with Gasteiger partial charge in [-0.25, -0.2) is 9.97 Å². The van der Waals surface area contributed by atoms with Crippen molar-refractivity contribution >= 4 is 17.5 Å². The topological polar surface area (TPSA) is 74.8 Å². The maximum absolute atomic E-state index is 4.59. The van der Waals surface area contributed by atoms with Crippen LogP contribution in [0.5, 0.6) is 0 Å². The monoisotopic (exact) mass is 348 g/mol. The molecule has 3 heterocycles. The van der Waals surface area contributed by atoms with Crippen molar-refractivity contribution in [3.05, 3.63) is 72.2 Å². The summed E-state index contributed by atoms with van der Waals surface area (Å²) in [6.45, 7) is 1.58. The first-order valence-corrected chi connectivity index (χ1v) is 8.82. The number of hydrogen-bond donors (Lipinski definition) is 3. The minimum Gasteiger partial charge on any atom is -0.373 e. The summed E-state index contributed by atoms with van der Waals surface area (Å²) in [7, 11) is 1.88. The van der Waals surface area contributed by atoms with E-state index < -0.39 is 0 Å². The SMILES string of the molecule is CNc1cccc(CCNc2cccc(NCCc3ccccn3)n2)n1. The molecule has 134 valence electrons. The van der Waals surface area contributed by atoms with Crippen LogP contribution in [0.2, 0.25) is 0 Å². The Morgan fingerprint density at radius 2 is 1.35 bits per heavy atom. The largest absolute Gasteiger partial charge is 0.373 e. The standard InChI is InChI=1S/C20H24N6/c1-21-18-8-4-7-17(25-18)12-15-24-20-10-5-9-19(26-20)23-14-11-16-6-2-3-13-22-16/h2-10,13H,11-12,14-15H2,1H3,(H,21,25)(H2,23,24,26). The van der Waals surface area contributed by atoms with Gasteiger partial charge in [-0.05, 0) is 36.4 Å². The molecule has 0 radical (unpaired) electrons. The smallest absolute Gasteiger partial charge is 0.128 e. The van der Waals surface area contributed by atoms with Crippen LogP contribution in [0.4, 0.5) is 17.5 Å². The van der Waals surface area contributed by atoms with E-state index in [2.05, 4.69) is 30.9 Å². The van der Waals surface area contributed by atoms with Gasteiger partial charge < -0.3 is 16.0 Å². The summed E-state index contributed by atoms with van der Waals surface area (Å²) in [6, 6.07) is 17.9. The van der Waals surface area contributed by atoms with E-state index in [4.69, 9.17) is 0 Å². The van der Waals surface area contributed by atoms with Gasteiger partial charge in [0.15, 0.2) is 0 Å². The molecule has 0 aliphatic heterocycles. The van der Waals surface area contributed by atoms with Crippen molar-refractivity contribution in [2.75, 3.05) is 36.1 Å². The molecular formula is C20H24N6. The molecule has 0 atom stereocenters. The highest BCUT2D eigenvalue weighted by molar-refractivity contribution is 5.45. The Bertz CT molecular complexity index is 806. The van der Waals surface area contributed by atoms with Gasteiger partial charge in [-0.3, -0.25) is 4.98 Å². The Morgan fingerprint density at radius 1 is 0.692 bits per heavy atom. The summed E-state index contributed by atoms with van der Waals surface area (Å²) in [5.74, 6) is 2.61. The van der Waals surface area contributed by atoms with Crippen LogP contribution in [0.3, 0.4) is 0 Å². The Labute approximate surface area is 154 Å². The summed E-state index contributed by atoms with van der Waals surface area (Å²) in [5.41, 5.74) is 2.12. The molecule has 0 saturated heterocycles. The maximum Gasteiger partial charge on any atom is 0.128 e. The average Bonchev–Trinajstić information content (AvgIpc) is 2.69. The van der Waals surface area contributed by atoms with Gasteiger partial charge in [0, 0.05) is 50.6 Å². The zero-order valence-corrected chi connectivity index (χ0v) is 14.9. The van der Waals surface area contributed by atoms with Gasteiger partial charge in [-0.1, -0.05) is 18.2 Å². The van der Waals surface area contributed by atoms with Gasteiger partial charge in [0.05, 0.1) is 0 Å². The molecule has 0 aromatic carbocycles. The predicted molar refractivity (Wildman–Crippen MR) is 107 cm³/mol. The Hall–Kier alpha value is -3.15. The number of rotatable bonds is 9. The highest BCUT2D eigenvalue weighted by Gasteiger charge is 2.00. The van der Waals surface area contributed by atoms with Crippen LogP contribution in [0.25, 0.3) is 0 Å². The maximum atomic E-state index is 4.59. The molecule has 3 N–H and O–H groups in total. The average molecular weight is 348 g/mol. The normalized spacial score (nSPS) is 10.3. The summed E-state index contributed by atoms with van der Waals surface area (Å²) >= 11 is 0. The third-order valence-corrected chi connectivity index (χ3v) is 3.91. The van der Waals surface area contributed by atoms with Gasteiger partial charge >= 0.3 is 0 Å². The molecule has 3 aromatic rings. The number of aromatic nitrogens is 3. The van der Waals surface area contributed by atoms with Crippen molar-refractivity contribution in [2.24, 2.45) is 0 Å². The summed E-state index contributed by atoms with van der Waals surface area (Å²) in [4.78, 5) is 13.4. The second-order valence-electron chi connectivity index (χ2n) is 5.85. The fourth-order valence-corrected chi connectivity index (χ4v) is 2.57. The van der Waals surface area contributed by atoms with Crippen molar-refractivity contribution in [3.8, 4) is 0 Å². The van der Waals surface area contributed by atoms with E-state index in [1.807, 2.05) is 67.8 Å². The van der Waals surface area contributed by atoms with E-state index in [9.17, 15) is 0 Å². The second kappa shape index (κ2) is 9.36. The fraction of sp³-hybridized carbons (Fsp3) is 0.250. The van der Waals surface area contributed by atoms with Crippen LogP contribution in [-0.2, 0) is 12.8 Å². The van der Waals surface area contributed by atoms with Crippen LogP contribution in [0.1, 0.15) is 11.4 Å². The number of hydrogen-bond acceptors (Lipinski definition) is 6. The molecule has 0 fully saturated rings. The van der Waals surface area contributed by atoms with Gasteiger partial charge in [0.25, 0.3) is 0 Å². The molecule has 0 unspecified atom stereocenters. The van der Waals surface area contributed by atoms with Crippen molar-refractivity contribution in [1.82, 2.24) is 15.0 Å². The van der Waals surface area contributed by atoms with Crippen LogP contribution >= 0.6 is 0 Å². The molecule has 0 amide bonds. The molecule has 6 heteroatoms. The molecular weight excluding hydrogens is 324 g/mol. The van der Waals surface area contributed by atoms with Crippen molar-refractivity contribution < 1.29 is 0 Å². The molecule has 0 saturated carbocycles. The Kier molecular flexibility index (Phi) is 6.36. The van der Waals surface area contributed by atoms with Crippen molar-refractivity contribution in [1.29, 1.82) is 0 Å². The third-order valence-electron chi connectivity index (χ3n) is 3.91. The first-order chi connectivity index (χ1) is 12.8. The molecule has 6 nitrogen and oxygen atoms in total. The zero-order chi connectivity index (χ0) is 18.0. The van der Waals surface area contributed by atoms with E-state index in [1.165, 1.54) is 0 Å². The first-order valence-electron chi connectivity index (χ1n) is 8.82. The third kappa shape index (κ3) is 5.44. The van der Waals surface area contributed by atoms with E-state index in [0.717, 1.165) is 54.8 Å². The molecule has 0 bridgehead atoms. The van der Waals surface area contributed by atoms with Crippen LogP contribution in [0.15, 0.2) is 60.8 Å². The summed E-state index contributed by atoms with van der Waals surface area (Å²) in [6.07, 6.45) is 3.53. The van der Waals surface area contributed by atoms with Gasteiger partial charge in [0.2, 0.25) is 0 Å². The number of pyridine rings is 3. The van der Waals surface area contributed by atoms with Crippen LogP contribution < -0.4 is 16.0 Å².